The third-order valence-electron chi connectivity index (χ3n) is 3.08. The van der Waals surface area contributed by atoms with Gasteiger partial charge in [0.25, 0.3) is 0 Å². The number of guanidine groups is 1. The van der Waals surface area contributed by atoms with E-state index in [1.165, 1.54) is 0 Å². The molecule has 6 nitrogen and oxygen atoms in total. The first-order valence-corrected chi connectivity index (χ1v) is 6.57. The number of nitrogens with one attached hydrogen (secondary N) is 2. The van der Waals surface area contributed by atoms with Crippen LogP contribution in [0.3, 0.4) is 0 Å². The van der Waals surface area contributed by atoms with E-state index < -0.39 is 5.41 Å². The van der Waals surface area contributed by atoms with E-state index in [1.54, 1.807) is 20.4 Å². The van der Waals surface area contributed by atoms with Crippen LogP contribution in [0, 0.1) is 5.41 Å². The number of carbonyl (C=O) groups excluding carboxylic acids is 1. The minimum Gasteiger partial charge on any atom is -0.467 e. The summed E-state index contributed by atoms with van der Waals surface area (Å²) in [5.74, 6) is 1.58. The summed E-state index contributed by atoms with van der Waals surface area (Å²) in [6.45, 7) is 4.90. The molecular weight excluding hydrogens is 383 g/mol. The molecule has 1 rings (SSSR count). The predicted molar refractivity (Wildman–Crippen MR) is 94.8 cm³/mol. The maximum Gasteiger partial charge on any atom is 0.227 e. The zero-order valence-electron chi connectivity index (χ0n) is 13.3. The smallest absolute Gasteiger partial charge is 0.227 e. The summed E-state index contributed by atoms with van der Waals surface area (Å²) in [4.78, 5) is 17.9. The molecule has 0 aliphatic heterocycles. The summed E-state index contributed by atoms with van der Waals surface area (Å²) in [6.07, 6.45) is 1.65. The second kappa shape index (κ2) is 8.91. The standard InChI is InChI=1S/C14H24N4O2.HI/c1-14(2,12(19)15-3)10-17-13(16-4)18(5)9-11-7-6-8-20-11;/h6-8H,9-10H2,1-5H3,(H,15,19)(H,16,17);1H. The quantitative estimate of drug-likeness (QED) is 0.442. The van der Waals surface area contributed by atoms with E-state index in [9.17, 15) is 4.79 Å². The van der Waals surface area contributed by atoms with Gasteiger partial charge in [0, 0.05) is 27.7 Å². The topological polar surface area (TPSA) is 69.9 Å². The average molecular weight is 408 g/mol. The highest BCUT2D eigenvalue weighted by molar-refractivity contribution is 14.0. The molecule has 0 aromatic carbocycles. The molecule has 1 aromatic rings. The van der Waals surface area contributed by atoms with Crippen molar-refractivity contribution in [3.05, 3.63) is 24.2 Å². The third kappa shape index (κ3) is 5.94. The number of carbonyl (C=O) groups is 1. The highest BCUT2D eigenvalue weighted by Gasteiger charge is 2.27. The molecule has 2 N–H and O–H groups in total. The van der Waals surface area contributed by atoms with E-state index in [2.05, 4.69) is 15.6 Å². The Labute approximate surface area is 143 Å². The van der Waals surface area contributed by atoms with Crippen molar-refractivity contribution in [1.29, 1.82) is 0 Å². The van der Waals surface area contributed by atoms with Crippen molar-refractivity contribution in [2.24, 2.45) is 10.4 Å². The largest absolute Gasteiger partial charge is 0.467 e. The number of aliphatic imine (C=N–C) groups is 1. The number of hydrogen-bond donors (Lipinski definition) is 2. The fourth-order valence-electron chi connectivity index (χ4n) is 1.81. The van der Waals surface area contributed by atoms with Crippen LogP contribution in [-0.4, -0.2) is 44.5 Å². The molecular formula is C14H25IN4O2. The molecule has 21 heavy (non-hydrogen) atoms. The molecule has 1 heterocycles. The number of amides is 1. The second-order valence-electron chi connectivity index (χ2n) is 5.30. The van der Waals surface area contributed by atoms with Gasteiger partial charge in [-0.1, -0.05) is 0 Å². The van der Waals surface area contributed by atoms with E-state index >= 15 is 0 Å². The molecule has 7 heteroatoms. The van der Waals surface area contributed by atoms with Crippen LogP contribution >= 0.6 is 24.0 Å². The summed E-state index contributed by atoms with van der Waals surface area (Å²) in [5.41, 5.74) is -0.504. The molecule has 0 unspecified atom stereocenters. The lowest BCUT2D eigenvalue weighted by molar-refractivity contribution is -0.128. The maximum atomic E-state index is 11.7. The van der Waals surface area contributed by atoms with Crippen LogP contribution in [0.25, 0.3) is 0 Å². The highest BCUT2D eigenvalue weighted by Crippen LogP contribution is 2.13. The van der Waals surface area contributed by atoms with Gasteiger partial charge >= 0.3 is 0 Å². The van der Waals surface area contributed by atoms with Crippen molar-refractivity contribution < 1.29 is 9.21 Å². The lowest BCUT2D eigenvalue weighted by atomic mass is 9.92. The summed E-state index contributed by atoms with van der Waals surface area (Å²) in [5, 5.41) is 5.88. The molecule has 0 bridgehead atoms. The first-order valence-electron chi connectivity index (χ1n) is 6.57. The van der Waals surface area contributed by atoms with Crippen LogP contribution in [-0.2, 0) is 11.3 Å². The first-order chi connectivity index (χ1) is 9.40. The lowest BCUT2D eigenvalue weighted by Gasteiger charge is -2.27. The number of rotatable bonds is 5. The van der Waals surface area contributed by atoms with Gasteiger partial charge in [0.1, 0.15) is 5.76 Å². The summed E-state index contributed by atoms with van der Waals surface area (Å²) in [6, 6.07) is 3.77. The Morgan fingerprint density at radius 3 is 2.62 bits per heavy atom. The van der Waals surface area contributed by atoms with Crippen molar-refractivity contribution in [3.63, 3.8) is 0 Å². The molecule has 0 spiro atoms. The molecule has 0 aliphatic carbocycles. The van der Waals surface area contributed by atoms with Gasteiger partial charge in [-0.3, -0.25) is 9.79 Å². The van der Waals surface area contributed by atoms with Crippen molar-refractivity contribution in [1.82, 2.24) is 15.5 Å². The minimum atomic E-state index is -0.504. The Morgan fingerprint density at radius 1 is 1.48 bits per heavy atom. The van der Waals surface area contributed by atoms with E-state index in [0.717, 1.165) is 11.7 Å². The first kappa shape index (κ1) is 19.8. The van der Waals surface area contributed by atoms with E-state index in [0.29, 0.717) is 13.1 Å². The molecule has 0 radical (unpaired) electrons. The summed E-state index contributed by atoms with van der Waals surface area (Å²) >= 11 is 0. The van der Waals surface area contributed by atoms with E-state index in [1.807, 2.05) is 37.9 Å². The Kier molecular flexibility index (Phi) is 8.38. The van der Waals surface area contributed by atoms with Crippen molar-refractivity contribution in [2.45, 2.75) is 20.4 Å². The van der Waals surface area contributed by atoms with Crippen LogP contribution < -0.4 is 10.6 Å². The van der Waals surface area contributed by atoms with Gasteiger partial charge in [-0.2, -0.15) is 0 Å². The molecule has 0 atom stereocenters. The van der Waals surface area contributed by atoms with Gasteiger partial charge in [0.15, 0.2) is 5.96 Å². The highest BCUT2D eigenvalue weighted by atomic mass is 127. The molecule has 120 valence electrons. The fraction of sp³-hybridized carbons (Fsp3) is 0.571. The molecule has 1 aromatic heterocycles. The Hall–Kier alpha value is -1.25. The summed E-state index contributed by atoms with van der Waals surface area (Å²) < 4.78 is 5.31. The number of furan rings is 1. The molecule has 0 saturated carbocycles. The van der Waals surface area contributed by atoms with Crippen LogP contribution in [0.15, 0.2) is 27.8 Å². The Balaban J connectivity index is 0.00000400. The number of halogens is 1. The zero-order valence-corrected chi connectivity index (χ0v) is 15.6. The maximum absolute atomic E-state index is 11.7. The molecule has 0 fully saturated rings. The van der Waals surface area contributed by atoms with Crippen LogP contribution in [0.1, 0.15) is 19.6 Å². The lowest BCUT2D eigenvalue weighted by Crippen LogP contribution is -2.47. The van der Waals surface area contributed by atoms with E-state index in [-0.39, 0.29) is 29.9 Å². The Morgan fingerprint density at radius 2 is 2.14 bits per heavy atom. The van der Waals surface area contributed by atoms with Crippen molar-refractivity contribution >= 4 is 35.8 Å². The van der Waals surface area contributed by atoms with Gasteiger partial charge < -0.3 is 20.0 Å². The van der Waals surface area contributed by atoms with Crippen molar-refractivity contribution in [3.8, 4) is 0 Å². The second-order valence-corrected chi connectivity index (χ2v) is 5.30. The average Bonchev–Trinajstić information content (AvgIpc) is 2.91. The molecule has 0 aliphatic rings. The fourth-order valence-corrected chi connectivity index (χ4v) is 1.81. The Bertz CT molecular complexity index is 458. The normalized spacial score (nSPS) is 11.6. The predicted octanol–water partition coefficient (Wildman–Crippen LogP) is 1.68. The number of nitrogens with zero attached hydrogens (tertiary/aromatic N) is 2. The van der Waals surface area contributed by atoms with Crippen LogP contribution in [0.2, 0.25) is 0 Å². The van der Waals surface area contributed by atoms with Crippen LogP contribution in [0.5, 0.6) is 0 Å². The third-order valence-corrected chi connectivity index (χ3v) is 3.08. The monoisotopic (exact) mass is 408 g/mol. The van der Waals surface area contributed by atoms with Gasteiger partial charge in [-0.05, 0) is 26.0 Å². The molecule has 0 saturated heterocycles. The van der Waals surface area contributed by atoms with Gasteiger partial charge in [-0.15, -0.1) is 24.0 Å². The van der Waals surface area contributed by atoms with Crippen LogP contribution in [0.4, 0.5) is 0 Å². The SMILES string of the molecule is CN=C(NCC(C)(C)C(=O)NC)N(C)Cc1ccco1.I. The number of hydrogen-bond acceptors (Lipinski definition) is 3. The van der Waals surface area contributed by atoms with Gasteiger partial charge in [0.05, 0.1) is 18.2 Å². The van der Waals surface area contributed by atoms with E-state index in [4.69, 9.17) is 4.42 Å². The van der Waals surface area contributed by atoms with Gasteiger partial charge in [-0.25, -0.2) is 0 Å². The summed E-state index contributed by atoms with van der Waals surface area (Å²) in [7, 11) is 5.28. The van der Waals surface area contributed by atoms with Crippen molar-refractivity contribution in [2.75, 3.05) is 27.7 Å². The van der Waals surface area contributed by atoms with Gasteiger partial charge in [0.2, 0.25) is 5.91 Å². The minimum absolute atomic E-state index is 0. The zero-order chi connectivity index (χ0) is 15.2. The molecule has 1 amide bonds.